The van der Waals surface area contributed by atoms with E-state index in [0.717, 1.165) is 44.0 Å². The monoisotopic (exact) mass is 546 g/mol. The number of aryl methyl sites for hydroxylation is 1. The Morgan fingerprint density at radius 2 is 1.43 bits per heavy atom. The first-order chi connectivity index (χ1) is 17.2. The minimum absolute atomic E-state index is 0.0361. The van der Waals surface area contributed by atoms with Gasteiger partial charge in [0.2, 0.25) is 0 Å². The molecule has 2 heterocycles. The van der Waals surface area contributed by atoms with Crippen molar-refractivity contribution in [2.75, 3.05) is 20.6 Å². The normalized spacial score (nSPS) is 14.6. The third-order valence-electron chi connectivity index (χ3n) is 7.87. The number of imide groups is 1. The molecule has 1 aliphatic rings. The lowest BCUT2D eigenvalue weighted by molar-refractivity contribution is 0.0651. The Morgan fingerprint density at radius 3 is 1.95 bits per heavy atom. The van der Waals surface area contributed by atoms with E-state index in [1.807, 2.05) is 0 Å². The van der Waals surface area contributed by atoms with Crippen molar-refractivity contribution in [1.82, 2.24) is 19.2 Å². The lowest BCUT2D eigenvalue weighted by atomic mass is 10.1. The van der Waals surface area contributed by atoms with Crippen LogP contribution in [0.25, 0.3) is 0 Å². The first kappa shape index (κ1) is 29.3. The van der Waals surface area contributed by atoms with E-state index in [1.165, 1.54) is 9.21 Å². The maximum absolute atomic E-state index is 13.0. The number of unbranched alkanes of at least 4 members (excludes halogenated alkanes) is 5. The van der Waals surface area contributed by atoms with Gasteiger partial charge in [-0.25, -0.2) is 17.7 Å². The van der Waals surface area contributed by atoms with Gasteiger partial charge in [0.1, 0.15) is 8.07 Å². The molecule has 204 valence electrons. The number of sulfonamides is 1. The minimum Gasteiger partial charge on any atom is -0.349 e. The highest BCUT2D eigenvalue weighted by Gasteiger charge is 2.41. The van der Waals surface area contributed by atoms with Gasteiger partial charge in [0.15, 0.2) is 5.03 Å². The van der Waals surface area contributed by atoms with Crippen LogP contribution in [0.1, 0.15) is 85.7 Å². The van der Waals surface area contributed by atoms with Crippen molar-refractivity contribution in [2.45, 2.75) is 88.9 Å². The lowest BCUT2D eigenvalue weighted by Crippen LogP contribution is -2.51. The number of carbonyl (C=O) groups is 2. The smallest absolute Gasteiger partial charge is 0.261 e. The third-order valence-corrected chi connectivity index (χ3v) is 14.8. The number of aromatic amines is 1. The summed E-state index contributed by atoms with van der Waals surface area (Å²) in [6.07, 6.45) is 6.22. The first-order valence-corrected chi connectivity index (χ1v) is 17.6. The lowest BCUT2D eigenvalue weighted by Gasteiger charge is -2.34. The number of nitrogens with one attached hydrogen (secondary N) is 1. The number of amides is 2. The van der Waals surface area contributed by atoms with Crippen molar-refractivity contribution in [3.63, 3.8) is 0 Å². The molecule has 37 heavy (non-hydrogen) atoms. The molecule has 10 heteroatoms. The summed E-state index contributed by atoms with van der Waals surface area (Å²) in [6, 6.07) is 6.98. The fourth-order valence-corrected chi connectivity index (χ4v) is 6.98. The molecule has 2 aromatic rings. The van der Waals surface area contributed by atoms with Crippen molar-refractivity contribution >= 4 is 35.4 Å². The fourth-order valence-electron chi connectivity index (χ4n) is 4.32. The topological polar surface area (TPSA) is 103 Å². The summed E-state index contributed by atoms with van der Waals surface area (Å²) in [5.41, 5.74) is 2.54. The minimum atomic E-state index is -3.63. The summed E-state index contributed by atoms with van der Waals surface area (Å²) < 4.78 is 27.2. The molecular weight excluding hydrogens is 504 g/mol. The number of benzene rings is 1. The van der Waals surface area contributed by atoms with Gasteiger partial charge in [-0.15, -0.1) is 0 Å². The summed E-state index contributed by atoms with van der Waals surface area (Å²) >= 11 is 0. The standard InChI is InChI=1S/C27H42N4O4SSi/c1-27(2,3)37(6,7)26-28-22(23(29-26)36(34,35)30(4)5)18-12-10-8-9-11-15-19-31-24(32)20-16-13-14-17-21(20)25(31)33/h13-14,16-17H,8-12,15,18-19H2,1-7H3,(H,28,29). The summed E-state index contributed by atoms with van der Waals surface area (Å²) in [5.74, 6) is -0.388. The maximum Gasteiger partial charge on any atom is 0.261 e. The highest BCUT2D eigenvalue weighted by molar-refractivity contribution is 7.89. The second-order valence-corrected chi connectivity index (χ2v) is 19.0. The largest absolute Gasteiger partial charge is 0.349 e. The van der Waals surface area contributed by atoms with Gasteiger partial charge in [0.25, 0.3) is 21.8 Å². The Morgan fingerprint density at radius 1 is 0.919 bits per heavy atom. The molecule has 1 aromatic carbocycles. The van der Waals surface area contributed by atoms with Crippen molar-refractivity contribution in [1.29, 1.82) is 0 Å². The zero-order chi connectivity index (χ0) is 27.6. The summed E-state index contributed by atoms with van der Waals surface area (Å²) in [4.78, 5) is 34.4. The van der Waals surface area contributed by atoms with Crippen molar-refractivity contribution in [2.24, 2.45) is 0 Å². The number of H-pyrrole nitrogens is 1. The predicted octanol–water partition coefficient (Wildman–Crippen LogP) is 4.55. The van der Waals surface area contributed by atoms with Gasteiger partial charge in [-0.3, -0.25) is 14.5 Å². The molecule has 8 nitrogen and oxygen atoms in total. The van der Waals surface area contributed by atoms with Crippen LogP contribution in [0.2, 0.25) is 18.1 Å². The predicted molar refractivity (Wildman–Crippen MR) is 150 cm³/mol. The molecular formula is C27H42N4O4SSi. The number of rotatable bonds is 12. The zero-order valence-electron chi connectivity index (χ0n) is 23.3. The molecule has 1 N–H and O–H groups in total. The van der Waals surface area contributed by atoms with Crippen molar-refractivity contribution in [3.05, 3.63) is 41.1 Å². The molecule has 0 radical (unpaired) electrons. The third kappa shape index (κ3) is 6.07. The van der Waals surface area contributed by atoms with E-state index in [4.69, 9.17) is 0 Å². The van der Waals surface area contributed by atoms with Gasteiger partial charge in [0.05, 0.1) is 22.3 Å². The van der Waals surface area contributed by atoms with Gasteiger partial charge in [-0.05, 0) is 36.4 Å². The molecule has 2 amide bonds. The van der Waals surface area contributed by atoms with Crippen LogP contribution in [0.3, 0.4) is 0 Å². The molecule has 0 saturated carbocycles. The Balaban J connectivity index is 1.50. The highest BCUT2D eigenvalue weighted by atomic mass is 32.2. The van der Waals surface area contributed by atoms with E-state index in [-0.39, 0.29) is 21.9 Å². The Kier molecular flexibility index (Phi) is 8.86. The highest BCUT2D eigenvalue weighted by Crippen LogP contribution is 2.35. The van der Waals surface area contributed by atoms with Crippen molar-refractivity contribution < 1.29 is 18.0 Å². The Hall–Kier alpha value is -2.30. The molecule has 0 spiro atoms. The Bertz CT molecular complexity index is 1210. The molecule has 3 rings (SSSR count). The van der Waals surface area contributed by atoms with E-state index in [9.17, 15) is 18.0 Å². The first-order valence-electron chi connectivity index (χ1n) is 13.2. The number of aromatic nitrogens is 2. The SMILES string of the molecule is CN(C)S(=O)(=O)c1nc([Si](C)(C)C(C)(C)C)[nH]c1CCCCCCCCN1C(=O)c2ccccc2C1=O. The number of hydrogen-bond donors (Lipinski definition) is 1. The van der Waals surface area contributed by atoms with Gasteiger partial charge < -0.3 is 4.98 Å². The number of hydrogen-bond acceptors (Lipinski definition) is 5. The molecule has 0 bridgehead atoms. The number of imidazole rings is 1. The van der Waals surface area contributed by atoms with Gasteiger partial charge in [0, 0.05) is 20.6 Å². The molecule has 1 aromatic heterocycles. The average molecular weight is 547 g/mol. The second-order valence-electron chi connectivity index (χ2n) is 11.7. The van der Waals surface area contributed by atoms with Crippen LogP contribution in [0.15, 0.2) is 29.3 Å². The zero-order valence-corrected chi connectivity index (χ0v) is 25.2. The van der Waals surface area contributed by atoms with Crippen LogP contribution in [-0.2, 0) is 16.4 Å². The van der Waals surface area contributed by atoms with E-state index < -0.39 is 18.1 Å². The summed E-state index contributed by atoms with van der Waals surface area (Å²) in [6.45, 7) is 11.5. The number of nitrogens with zero attached hydrogens (tertiary/aromatic N) is 3. The van der Waals surface area contributed by atoms with Crippen LogP contribution in [0.5, 0.6) is 0 Å². The quantitative estimate of drug-likeness (QED) is 0.239. The molecule has 1 aliphatic heterocycles. The van der Waals surface area contributed by atoms with Gasteiger partial charge >= 0.3 is 0 Å². The maximum atomic E-state index is 13.0. The van der Waals surface area contributed by atoms with Crippen LogP contribution in [0, 0.1) is 0 Å². The van der Waals surface area contributed by atoms with E-state index in [2.05, 4.69) is 43.8 Å². The van der Waals surface area contributed by atoms with Crippen molar-refractivity contribution in [3.8, 4) is 0 Å². The molecule has 0 fully saturated rings. The number of fused-ring (bicyclic) bond motifs is 1. The van der Waals surface area contributed by atoms with Crippen LogP contribution >= 0.6 is 0 Å². The van der Waals surface area contributed by atoms with E-state index in [1.54, 1.807) is 38.4 Å². The summed E-state index contributed by atoms with van der Waals surface area (Å²) in [7, 11) is -2.56. The molecule has 0 unspecified atom stereocenters. The molecule has 0 atom stereocenters. The number of carbonyl (C=O) groups excluding carboxylic acids is 2. The Labute approximate surface area is 222 Å². The summed E-state index contributed by atoms with van der Waals surface area (Å²) in [5, 5.41) is 0.201. The molecule has 0 aliphatic carbocycles. The second kappa shape index (κ2) is 11.2. The van der Waals surface area contributed by atoms with E-state index >= 15 is 0 Å². The molecule has 0 saturated heterocycles. The van der Waals surface area contributed by atoms with E-state index in [0.29, 0.717) is 29.8 Å². The van der Waals surface area contributed by atoms with Gasteiger partial charge in [-0.1, -0.05) is 71.7 Å². The van der Waals surface area contributed by atoms with Crippen LogP contribution in [0.4, 0.5) is 0 Å². The average Bonchev–Trinajstić information content (AvgIpc) is 3.36. The van der Waals surface area contributed by atoms with Gasteiger partial charge in [-0.2, -0.15) is 0 Å². The van der Waals surface area contributed by atoms with Crippen LogP contribution in [-0.4, -0.2) is 68.1 Å². The van der Waals surface area contributed by atoms with Crippen LogP contribution < -0.4 is 5.45 Å². The fraction of sp³-hybridized carbons (Fsp3) is 0.593.